The first-order valence-corrected chi connectivity index (χ1v) is 6.30. The Kier molecular flexibility index (Phi) is 4.87. The summed E-state index contributed by atoms with van der Waals surface area (Å²) in [6.07, 6.45) is 4.96. The maximum Gasteiger partial charge on any atom is -0.0219 e. The molecule has 0 heteroatoms. The van der Waals surface area contributed by atoms with E-state index in [0.717, 1.165) is 0 Å². The molecule has 0 N–H and O–H groups in total. The largest absolute Gasteiger partial charge is 0.0651 e. The third-order valence-corrected chi connectivity index (χ3v) is 2.94. The van der Waals surface area contributed by atoms with Crippen molar-refractivity contribution >= 4 is 0 Å². The van der Waals surface area contributed by atoms with Crippen LogP contribution in [0.5, 0.6) is 0 Å². The Morgan fingerprint density at radius 2 is 1.53 bits per heavy atom. The van der Waals surface area contributed by atoms with Crippen LogP contribution in [0.25, 0.3) is 0 Å². The standard InChI is InChI=1S/C15H24/c1-5-7-13-9-10-14(12(3)4)11-15(13)8-6-2/h9-12H,5-8H2,1-4H3. The second kappa shape index (κ2) is 5.95. The van der Waals surface area contributed by atoms with Crippen LogP contribution in [0.1, 0.15) is 63.1 Å². The number of aryl methyl sites for hydroxylation is 2. The van der Waals surface area contributed by atoms with E-state index >= 15 is 0 Å². The van der Waals surface area contributed by atoms with Crippen LogP contribution in [0.4, 0.5) is 0 Å². The Morgan fingerprint density at radius 3 is 2.07 bits per heavy atom. The van der Waals surface area contributed by atoms with Crippen LogP contribution >= 0.6 is 0 Å². The molecule has 0 aliphatic rings. The van der Waals surface area contributed by atoms with Gasteiger partial charge >= 0.3 is 0 Å². The minimum atomic E-state index is 0.649. The normalized spacial score (nSPS) is 11.0. The van der Waals surface area contributed by atoms with Gasteiger partial charge in [-0.3, -0.25) is 0 Å². The van der Waals surface area contributed by atoms with Crippen LogP contribution in [-0.4, -0.2) is 0 Å². The zero-order valence-corrected chi connectivity index (χ0v) is 10.6. The molecular formula is C15H24. The second-order valence-electron chi connectivity index (χ2n) is 4.68. The third kappa shape index (κ3) is 3.37. The molecule has 15 heavy (non-hydrogen) atoms. The molecule has 0 amide bonds. The van der Waals surface area contributed by atoms with E-state index in [4.69, 9.17) is 0 Å². The molecule has 1 aromatic carbocycles. The first-order chi connectivity index (χ1) is 7.19. The second-order valence-corrected chi connectivity index (χ2v) is 4.68. The highest BCUT2D eigenvalue weighted by Crippen LogP contribution is 2.21. The van der Waals surface area contributed by atoms with E-state index in [1.807, 2.05) is 0 Å². The predicted molar refractivity (Wildman–Crippen MR) is 68.5 cm³/mol. The van der Waals surface area contributed by atoms with Crippen LogP contribution in [0, 0.1) is 0 Å². The average molecular weight is 204 g/mol. The Balaban J connectivity index is 2.97. The summed E-state index contributed by atoms with van der Waals surface area (Å²) in [6, 6.07) is 7.05. The van der Waals surface area contributed by atoms with Gasteiger partial charge in [0.15, 0.2) is 0 Å². The van der Waals surface area contributed by atoms with E-state index in [1.54, 1.807) is 11.1 Å². The van der Waals surface area contributed by atoms with Crippen molar-refractivity contribution < 1.29 is 0 Å². The van der Waals surface area contributed by atoms with Crippen molar-refractivity contribution in [1.29, 1.82) is 0 Å². The van der Waals surface area contributed by atoms with Crippen molar-refractivity contribution in [3.05, 3.63) is 34.9 Å². The van der Waals surface area contributed by atoms with E-state index in [2.05, 4.69) is 45.9 Å². The lowest BCUT2D eigenvalue weighted by Crippen LogP contribution is -1.97. The molecule has 0 nitrogen and oxygen atoms in total. The van der Waals surface area contributed by atoms with Crippen LogP contribution < -0.4 is 0 Å². The lowest BCUT2D eigenvalue weighted by Gasteiger charge is -2.12. The summed E-state index contributed by atoms with van der Waals surface area (Å²) in [4.78, 5) is 0. The van der Waals surface area contributed by atoms with Crippen molar-refractivity contribution in [2.24, 2.45) is 0 Å². The highest BCUT2D eigenvalue weighted by atomic mass is 14.1. The number of benzene rings is 1. The number of rotatable bonds is 5. The Bertz CT molecular complexity index is 297. The SMILES string of the molecule is CCCc1ccc(C(C)C)cc1CCC. The molecule has 0 saturated carbocycles. The van der Waals surface area contributed by atoms with Crippen LogP contribution in [0.3, 0.4) is 0 Å². The molecule has 1 rings (SSSR count). The van der Waals surface area contributed by atoms with Gasteiger partial charge in [0.1, 0.15) is 0 Å². The molecule has 0 aliphatic carbocycles. The monoisotopic (exact) mass is 204 g/mol. The van der Waals surface area contributed by atoms with Gasteiger partial charge < -0.3 is 0 Å². The van der Waals surface area contributed by atoms with Crippen molar-refractivity contribution in [3.63, 3.8) is 0 Å². The maximum absolute atomic E-state index is 2.42. The van der Waals surface area contributed by atoms with Crippen molar-refractivity contribution in [2.75, 3.05) is 0 Å². The first kappa shape index (κ1) is 12.3. The van der Waals surface area contributed by atoms with Gasteiger partial charge in [0.25, 0.3) is 0 Å². The lowest BCUT2D eigenvalue weighted by molar-refractivity contribution is 0.831. The summed E-state index contributed by atoms with van der Waals surface area (Å²) in [5.41, 5.74) is 4.62. The molecule has 0 fully saturated rings. The van der Waals surface area contributed by atoms with E-state index in [-0.39, 0.29) is 0 Å². The quantitative estimate of drug-likeness (QED) is 0.651. The fourth-order valence-electron chi connectivity index (χ4n) is 2.02. The third-order valence-electron chi connectivity index (χ3n) is 2.94. The van der Waals surface area contributed by atoms with Gasteiger partial charge in [0.2, 0.25) is 0 Å². The minimum absolute atomic E-state index is 0.649. The molecule has 0 aromatic heterocycles. The Labute approximate surface area is 94.7 Å². The highest BCUT2D eigenvalue weighted by Gasteiger charge is 2.05. The topological polar surface area (TPSA) is 0 Å². The summed E-state index contributed by atoms with van der Waals surface area (Å²) in [5.74, 6) is 0.649. The first-order valence-electron chi connectivity index (χ1n) is 6.30. The van der Waals surface area contributed by atoms with Crippen LogP contribution in [0.15, 0.2) is 18.2 Å². The smallest absolute Gasteiger partial charge is 0.0219 e. The summed E-state index contributed by atoms with van der Waals surface area (Å²) in [5, 5.41) is 0. The predicted octanol–water partition coefficient (Wildman–Crippen LogP) is 4.72. The van der Waals surface area contributed by atoms with Gasteiger partial charge in [-0.15, -0.1) is 0 Å². The summed E-state index contributed by atoms with van der Waals surface area (Å²) in [6.45, 7) is 9.05. The lowest BCUT2D eigenvalue weighted by atomic mass is 9.93. The number of hydrogen-bond acceptors (Lipinski definition) is 0. The van der Waals surface area contributed by atoms with Gasteiger partial charge in [0.05, 0.1) is 0 Å². The van der Waals surface area contributed by atoms with Crippen molar-refractivity contribution in [2.45, 2.75) is 59.3 Å². The van der Waals surface area contributed by atoms with E-state index in [9.17, 15) is 0 Å². The van der Waals surface area contributed by atoms with Gasteiger partial charge in [-0.05, 0) is 35.4 Å². The Hall–Kier alpha value is -0.780. The van der Waals surface area contributed by atoms with Crippen molar-refractivity contribution in [3.8, 4) is 0 Å². The molecule has 0 saturated heterocycles. The molecule has 0 bridgehead atoms. The molecule has 0 spiro atoms. The summed E-state index contributed by atoms with van der Waals surface area (Å²) >= 11 is 0. The highest BCUT2D eigenvalue weighted by molar-refractivity contribution is 5.33. The zero-order valence-electron chi connectivity index (χ0n) is 10.6. The minimum Gasteiger partial charge on any atom is -0.0651 e. The van der Waals surface area contributed by atoms with Gasteiger partial charge in [-0.2, -0.15) is 0 Å². The average Bonchev–Trinajstić information content (AvgIpc) is 2.21. The molecule has 0 radical (unpaired) electrons. The summed E-state index contributed by atoms with van der Waals surface area (Å²) in [7, 11) is 0. The molecule has 84 valence electrons. The van der Waals surface area contributed by atoms with Gasteiger partial charge in [0, 0.05) is 0 Å². The molecule has 0 heterocycles. The molecular weight excluding hydrogens is 180 g/mol. The molecule has 0 unspecified atom stereocenters. The van der Waals surface area contributed by atoms with Crippen molar-refractivity contribution in [1.82, 2.24) is 0 Å². The van der Waals surface area contributed by atoms with Gasteiger partial charge in [-0.1, -0.05) is 58.7 Å². The summed E-state index contributed by atoms with van der Waals surface area (Å²) < 4.78 is 0. The Morgan fingerprint density at radius 1 is 0.933 bits per heavy atom. The van der Waals surface area contributed by atoms with E-state index in [1.165, 1.54) is 31.2 Å². The zero-order chi connectivity index (χ0) is 11.3. The number of hydrogen-bond donors (Lipinski definition) is 0. The van der Waals surface area contributed by atoms with E-state index in [0.29, 0.717) is 5.92 Å². The fraction of sp³-hybridized carbons (Fsp3) is 0.600. The van der Waals surface area contributed by atoms with Crippen LogP contribution in [0.2, 0.25) is 0 Å². The van der Waals surface area contributed by atoms with Gasteiger partial charge in [-0.25, -0.2) is 0 Å². The fourth-order valence-corrected chi connectivity index (χ4v) is 2.02. The molecule has 0 aliphatic heterocycles. The van der Waals surface area contributed by atoms with Crippen LogP contribution in [-0.2, 0) is 12.8 Å². The maximum atomic E-state index is 2.42. The molecule has 0 atom stereocenters. The van der Waals surface area contributed by atoms with E-state index < -0.39 is 0 Å². The molecule has 1 aromatic rings.